The first-order valence-corrected chi connectivity index (χ1v) is 13.7. The number of piperazine rings is 1. The Balaban J connectivity index is 1.65. The van der Waals surface area contributed by atoms with Crippen molar-refractivity contribution in [1.29, 1.82) is 0 Å². The van der Waals surface area contributed by atoms with E-state index in [0.717, 1.165) is 43.2 Å². The number of pyridine rings is 2. The maximum atomic E-state index is 11.7. The van der Waals surface area contributed by atoms with Gasteiger partial charge in [-0.2, -0.15) is 0 Å². The summed E-state index contributed by atoms with van der Waals surface area (Å²) in [5.74, 6) is 0.822. The van der Waals surface area contributed by atoms with Gasteiger partial charge in [-0.1, -0.05) is 17.7 Å². The van der Waals surface area contributed by atoms with Crippen LogP contribution < -0.4 is 15.1 Å². The summed E-state index contributed by atoms with van der Waals surface area (Å²) in [5.41, 5.74) is 4.08. The van der Waals surface area contributed by atoms with Crippen molar-refractivity contribution in [3.63, 3.8) is 0 Å². The highest BCUT2D eigenvalue weighted by Crippen LogP contribution is 2.40. The minimum absolute atomic E-state index is 0.0357. The Morgan fingerprint density at radius 2 is 1.75 bits per heavy atom. The van der Waals surface area contributed by atoms with E-state index in [2.05, 4.69) is 45.9 Å². The third kappa shape index (κ3) is 6.32. The minimum Gasteiger partial charge on any atom is -0.505 e. The van der Waals surface area contributed by atoms with Crippen LogP contribution in [-0.4, -0.2) is 84.1 Å². The molecule has 10 heteroatoms. The van der Waals surface area contributed by atoms with E-state index >= 15 is 0 Å². The first-order valence-electron chi connectivity index (χ1n) is 13.3. The summed E-state index contributed by atoms with van der Waals surface area (Å²) in [7, 11) is 5.60. The largest absolute Gasteiger partial charge is 0.505 e. The lowest BCUT2D eigenvalue weighted by Gasteiger charge is -2.43. The lowest BCUT2D eigenvalue weighted by Crippen LogP contribution is -2.53. The Morgan fingerprint density at radius 3 is 2.35 bits per heavy atom. The molecule has 1 aromatic carbocycles. The van der Waals surface area contributed by atoms with Crippen LogP contribution in [0.1, 0.15) is 20.8 Å². The first kappa shape index (κ1) is 29.2. The third-order valence-corrected chi connectivity index (χ3v) is 7.35. The van der Waals surface area contributed by atoms with E-state index < -0.39 is 0 Å². The molecule has 0 saturated carbocycles. The van der Waals surface area contributed by atoms with E-state index in [-0.39, 0.29) is 11.3 Å². The minimum atomic E-state index is 0.0357. The van der Waals surface area contributed by atoms with Gasteiger partial charge in [0.1, 0.15) is 17.3 Å². The molecule has 2 N–H and O–H groups in total. The van der Waals surface area contributed by atoms with Crippen molar-refractivity contribution in [3.8, 4) is 28.1 Å². The van der Waals surface area contributed by atoms with Gasteiger partial charge in [0.25, 0.3) is 0 Å². The zero-order valence-electron chi connectivity index (χ0n) is 24.0. The molecule has 1 aliphatic heterocycles. The molecule has 0 unspecified atom stereocenters. The topological polar surface area (TPSA) is 88.1 Å². The van der Waals surface area contributed by atoms with Gasteiger partial charge in [-0.05, 0) is 50.6 Å². The predicted molar refractivity (Wildman–Crippen MR) is 164 cm³/mol. The average molecular weight is 564 g/mol. The number of amides is 1. The van der Waals surface area contributed by atoms with Crippen molar-refractivity contribution >= 4 is 35.2 Å². The van der Waals surface area contributed by atoms with Crippen LogP contribution in [0.3, 0.4) is 0 Å². The number of aromatic nitrogens is 2. The highest BCUT2D eigenvalue weighted by atomic mass is 35.5. The summed E-state index contributed by atoms with van der Waals surface area (Å²) in [4.78, 5) is 28.9. The van der Waals surface area contributed by atoms with Crippen molar-refractivity contribution in [3.05, 3.63) is 60.1 Å². The Bertz CT molecular complexity index is 1380. The molecule has 3 aromatic rings. The first-order chi connectivity index (χ1) is 19.0. The Hall–Kier alpha value is -3.82. The average Bonchev–Trinajstić information content (AvgIpc) is 2.93. The fraction of sp³-hybridized carbons (Fsp3) is 0.367. The summed E-state index contributed by atoms with van der Waals surface area (Å²) in [5, 5.41) is 14.9. The van der Waals surface area contributed by atoms with Gasteiger partial charge in [0.05, 0.1) is 16.4 Å². The molecule has 0 radical (unpaired) electrons. The van der Waals surface area contributed by atoms with Gasteiger partial charge < -0.3 is 20.2 Å². The van der Waals surface area contributed by atoms with E-state index in [9.17, 15) is 9.90 Å². The summed E-state index contributed by atoms with van der Waals surface area (Å²) in [6.45, 7) is 10.4. The van der Waals surface area contributed by atoms with Gasteiger partial charge in [-0.15, -0.1) is 0 Å². The van der Waals surface area contributed by atoms with Crippen LogP contribution in [0.5, 0.6) is 5.75 Å². The number of nitrogens with zero attached hydrogens (tertiary/aromatic N) is 6. The quantitative estimate of drug-likeness (QED) is 0.365. The molecular weight excluding hydrogens is 526 g/mol. The second kappa shape index (κ2) is 12.1. The second-order valence-corrected chi connectivity index (χ2v) is 11.4. The normalized spacial score (nSPS) is 14.4. The number of hydrogen-bond donors (Lipinski definition) is 2. The summed E-state index contributed by atoms with van der Waals surface area (Å²) < 4.78 is 0. The molecule has 3 heterocycles. The van der Waals surface area contributed by atoms with Crippen LogP contribution >= 0.6 is 11.6 Å². The van der Waals surface area contributed by atoms with Crippen molar-refractivity contribution in [1.82, 2.24) is 19.8 Å². The van der Waals surface area contributed by atoms with Gasteiger partial charge in [-0.3, -0.25) is 19.6 Å². The van der Waals surface area contributed by atoms with Gasteiger partial charge in [0.2, 0.25) is 6.41 Å². The van der Waals surface area contributed by atoms with Crippen LogP contribution in [0.2, 0.25) is 5.02 Å². The lowest BCUT2D eigenvalue weighted by molar-refractivity contribution is -0.106. The fourth-order valence-corrected chi connectivity index (χ4v) is 5.07. The number of carbonyl (C=O) groups excluding carboxylic acids is 1. The van der Waals surface area contributed by atoms with E-state index in [4.69, 9.17) is 11.6 Å². The maximum Gasteiger partial charge on any atom is 0.218 e. The molecule has 9 nitrogen and oxygen atoms in total. The number of hydrogen-bond acceptors (Lipinski definition) is 8. The number of aromatic hydroxyl groups is 1. The smallest absolute Gasteiger partial charge is 0.218 e. The van der Waals surface area contributed by atoms with Gasteiger partial charge >= 0.3 is 0 Å². The van der Waals surface area contributed by atoms with Gasteiger partial charge in [-0.25, -0.2) is 4.98 Å². The fourth-order valence-electron chi connectivity index (χ4n) is 4.79. The van der Waals surface area contributed by atoms with E-state index in [1.54, 1.807) is 43.0 Å². The van der Waals surface area contributed by atoms with Crippen LogP contribution in [0.25, 0.3) is 22.4 Å². The molecule has 212 valence electrons. The molecule has 0 aliphatic carbocycles. The monoisotopic (exact) mass is 563 g/mol. The zero-order chi connectivity index (χ0) is 29.0. The second-order valence-electron chi connectivity index (χ2n) is 11.0. The highest BCUT2D eigenvalue weighted by molar-refractivity contribution is 6.34. The number of nitrogens with one attached hydrogen (secondary N) is 1. The predicted octanol–water partition coefficient (Wildman–Crippen LogP) is 5.13. The molecule has 1 saturated heterocycles. The molecule has 0 spiro atoms. The molecule has 1 aliphatic rings. The molecule has 2 aromatic heterocycles. The molecule has 0 bridgehead atoms. The molecule has 40 heavy (non-hydrogen) atoms. The third-order valence-electron chi connectivity index (χ3n) is 7.05. The van der Waals surface area contributed by atoms with Crippen LogP contribution in [-0.2, 0) is 4.79 Å². The van der Waals surface area contributed by atoms with Gasteiger partial charge in [0, 0.05) is 88.8 Å². The summed E-state index contributed by atoms with van der Waals surface area (Å²) in [6.07, 6.45) is 7.48. The van der Waals surface area contributed by atoms with E-state index in [1.807, 2.05) is 38.2 Å². The Labute approximate surface area is 241 Å². The summed E-state index contributed by atoms with van der Waals surface area (Å²) in [6, 6.07) is 9.09. The van der Waals surface area contributed by atoms with Crippen molar-refractivity contribution in [2.24, 2.45) is 0 Å². The number of carbonyl (C=O) groups is 1. The molecule has 0 atom stereocenters. The lowest BCUT2D eigenvalue weighted by atomic mass is 10.0. The van der Waals surface area contributed by atoms with Crippen molar-refractivity contribution in [2.75, 3.05) is 62.4 Å². The number of halogens is 1. The van der Waals surface area contributed by atoms with Crippen molar-refractivity contribution in [2.45, 2.75) is 26.3 Å². The number of anilines is 3. The molecule has 1 amide bonds. The number of benzene rings is 1. The number of rotatable bonds is 8. The van der Waals surface area contributed by atoms with Crippen LogP contribution in [0.4, 0.5) is 17.2 Å². The summed E-state index contributed by atoms with van der Waals surface area (Å²) >= 11 is 6.58. The van der Waals surface area contributed by atoms with Crippen molar-refractivity contribution < 1.29 is 9.90 Å². The van der Waals surface area contributed by atoms with Crippen LogP contribution in [0.15, 0.2) is 55.1 Å². The van der Waals surface area contributed by atoms with E-state index in [1.165, 1.54) is 4.90 Å². The maximum absolute atomic E-state index is 11.7. The van der Waals surface area contributed by atoms with E-state index in [0.29, 0.717) is 33.9 Å². The Kier molecular flexibility index (Phi) is 8.85. The molecular formula is C30H38ClN7O2. The van der Waals surface area contributed by atoms with Crippen LogP contribution in [0, 0.1) is 0 Å². The van der Waals surface area contributed by atoms with Gasteiger partial charge in [0.15, 0.2) is 0 Å². The highest BCUT2D eigenvalue weighted by Gasteiger charge is 2.27. The Morgan fingerprint density at radius 1 is 1.02 bits per heavy atom. The molecule has 1 fully saturated rings. The standard InChI is InChI=1S/C30H38ClN7O2/c1-30(2,3)38-15-13-36(14-16-38)26-18-22(19-34-29(26)32-4)27-28(40)23(9-10-33-27)21-7-8-25(24(31)17-21)37(20-39)12-11-35(5)6/h7-12,17-20,40H,13-16H2,1-6H3,(H,32,34)/b12-11-. The zero-order valence-corrected chi connectivity index (χ0v) is 24.8. The SMILES string of the molecule is CNc1ncc(-c2nccc(-c3ccc(N(C=O)/C=C\N(C)C)c(Cl)c3)c2O)cc1N1CCN(C(C)(C)C)CC1. The molecule has 4 rings (SSSR count).